The van der Waals surface area contributed by atoms with Gasteiger partial charge >= 0.3 is 0 Å². The third kappa shape index (κ3) is 2.27. The first-order chi connectivity index (χ1) is 8.87. The van der Waals surface area contributed by atoms with E-state index in [9.17, 15) is 4.79 Å². The van der Waals surface area contributed by atoms with E-state index < -0.39 is 5.54 Å². The zero-order valence-electron chi connectivity index (χ0n) is 10.6. The summed E-state index contributed by atoms with van der Waals surface area (Å²) in [5.41, 5.74) is 0.352. The summed E-state index contributed by atoms with van der Waals surface area (Å²) >= 11 is 6.16. The molecular formula is C13H13ClN4O. The average Bonchev–Trinajstić information content (AvgIpc) is 2.36. The minimum Gasteiger partial charge on any atom is -0.346 e. The predicted octanol–water partition coefficient (Wildman–Crippen LogP) is 1.81. The van der Waals surface area contributed by atoms with Crippen LogP contribution < -0.4 is 5.32 Å². The molecule has 1 amide bonds. The third-order valence-electron chi connectivity index (χ3n) is 3.30. The zero-order valence-corrected chi connectivity index (χ0v) is 11.4. The number of nitrogens with one attached hydrogen (secondary N) is 2. The van der Waals surface area contributed by atoms with Gasteiger partial charge in [0.25, 0.3) is 0 Å². The van der Waals surface area contributed by atoms with E-state index in [-0.39, 0.29) is 18.3 Å². The minimum atomic E-state index is -0.773. The second-order valence-corrected chi connectivity index (χ2v) is 5.15. The van der Waals surface area contributed by atoms with Gasteiger partial charge < -0.3 is 5.32 Å². The third-order valence-corrected chi connectivity index (χ3v) is 3.63. The van der Waals surface area contributed by atoms with Crippen LogP contribution in [-0.4, -0.2) is 23.8 Å². The number of hydrogen-bond acceptors (Lipinski definition) is 3. The SMILES string of the molecule is CN1C(=N)N[C@](C)(c2cc(C#N)ccc2Cl)CC1=O. The summed E-state index contributed by atoms with van der Waals surface area (Å²) in [4.78, 5) is 13.1. The van der Waals surface area contributed by atoms with Gasteiger partial charge in [0.2, 0.25) is 5.91 Å². The maximum atomic E-state index is 11.9. The summed E-state index contributed by atoms with van der Waals surface area (Å²) in [6, 6.07) is 6.96. The number of carbonyl (C=O) groups excluding carboxylic acids is 1. The minimum absolute atomic E-state index is 0.0252. The fraction of sp³-hybridized carbons (Fsp3) is 0.308. The summed E-state index contributed by atoms with van der Waals surface area (Å²) in [5, 5.41) is 20.2. The lowest BCUT2D eigenvalue weighted by molar-refractivity contribution is -0.129. The Hall–Kier alpha value is -2.06. The second kappa shape index (κ2) is 4.56. The van der Waals surface area contributed by atoms with Crippen molar-refractivity contribution in [1.82, 2.24) is 10.2 Å². The van der Waals surface area contributed by atoms with E-state index in [0.717, 1.165) is 0 Å². The Labute approximate surface area is 116 Å². The molecule has 1 aromatic rings. The Morgan fingerprint density at radius 1 is 1.58 bits per heavy atom. The van der Waals surface area contributed by atoms with Crippen molar-refractivity contribution in [3.8, 4) is 6.07 Å². The summed E-state index contributed by atoms with van der Waals surface area (Å²) in [5.74, 6) is -0.137. The quantitative estimate of drug-likeness (QED) is 0.821. The highest BCUT2D eigenvalue weighted by molar-refractivity contribution is 6.31. The molecule has 1 atom stereocenters. The normalized spacial score (nSPS) is 22.9. The highest BCUT2D eigenvalue weighted by atomic mass is 35.5. The zero-order chi connectivity index (χ0) is 14.2. The first-order valence-corrected chi connectivity index (χ1v) is 6.08. The second-order valence-electron chi connectivity index (χ2n) is 4.74. The molecule has 19 heavy (non-hydrogen) atoms. The molecule has 1 aliphatic heterocycles. The van der Waals surface area contributed by atoms with Crippen LogP contribution in [0.15, 0.2) is 18.2 Å². The van der Waals surface area contributed by atoms with Crippen LogP contribution in [0.3, 0.4) is 0 Å². The largest absolute Gasteiger partial charge is 0.346 e. The standard InChI is InChI=1S/C13H13ClN4O/c1-13(6-11(19)18(2)12(16)17-13)9-5-8(7-15)3-4-10(9)14/h3-5H,6H2,1-2H3,(H2,16,17)/t13-/m0/s1. The van der Waals surface area contributed by atoms with Crippen molar-refractivity contribution < 1.29 is 4.79 Å². The molecule has 1 aromatic carbocycles. The average molecular weight is 277 g/mol. The van der Waals surface area contributed by atoms with E-state index in [1.807, 2.05) is 6.07 Å². The maximum absolute atomic E-state index is 11.9. The number of hydrogen-bond donors (Lipinski definition) is 2. The van der Waals surface area contributed by atoms with Crippen LogP contribution in [0, 0.1) is 16.7 Å². The van der Waals surface area contributed by atoms with Crippen molar-refractivity contribution in [1.29, 1.82) is 10.7 Å². The molecule has 0 bridgehead atoms. The van der Waals surface area contributed by atoms with Gasteiger partial charge in [0.05, 0.1) is 23.6 Å². The van der Waals surface area contributed by atoms with Gasteiger partial charge in [0, 0.05) is 12.1 Å². The van der Waals surface area contributed by atoms with E-state index in [4.69, 9.17) is 22.3 Å². The number of carbonyl (C=O) groups is 1. The van der Waals surface area contributed by atoms with E-state index in [0.29, 0.717) is 16.1 Å². The van der Waals surface area contributed by atoms with Crippen LogP contribution in [0.1, 0.15) is 24.5 Å². The van der Waals surface area contributed by atoms with E-state index >= 15 is 0 Å². The van der Waals surface area contributed by atoms with Crippen molar-refractivity contribution in [3.05, 3.63) is 34.3 Å². The van der Waals surface area contributed by atoms with Gasteiger partial charge in [-0.05, 0) is 30.7 Å². The molecule has 2 N–H and O–H groups in total. The van der Waals surface area contributed by atoms with Crippen LogP contribution in [0.4, 0.5) is 0 Å². The first kappa shape index (κ1) is 13.4. The van der Waals surface area contributed by atoms with Crippen molar-refractivity contribution in [2.45, 2.75) is 18.9 Å². The molecule has 98 valence electrons. The number of rotatable bonds is 1. The molecule has 6 heteroatoms. The lowest BCUT2D eigenvalue weighted by Gasteiger charge is -2.40. The summed E-state index contributed by atoms with van der Waals surface area (Å²) in [6.45, 7) is 1.80. The number of benzene rings is 1. The Morgan fingerprint density at radius 2 is 2.26 bits per heavy atom. The lowest BCUT2D eigenvalue weighted by atomic mass is 9.86. The monoisotopic (exact) mass is 276 g/mol. The molecule has 1 saturated heterocycles. The number of nitriles is 1. The predicted molar refractivity (Wildman–Crippen MR) is 71.8 cm³/mol. The molecule has 0 spiro atoms. The molecule has 5 nitrogen and oxygen atoms in total. The van der Waals surface area contributed by atoms with Crippen molar-refractivity contribution >= 4 is 23.5 Å². The van der Waals surface area contributed by atoms with Crippen LogP contribution in [0.2, 0.25) is 5.02 Å². The maximum Gasteiger partial charge on any atom is 0.231 e. The molecule has 1 fully saturated rings. The molecule has 1 aliphatic rings. The van der Waals surface area contributed by atoms with Crippen LogP contribution >= 0.6 is 11.6 Å². The van der Waals surface area contributed by atoms with Crippen LogP contribution in [0.25, 0.3) is 0 Å². The Bertz CT molecular complexity index is 587. The Balaban J connectivity index is 2.49. The van der Waals surface area contributed by atoms with Crippen LogP contribution in [0.5, 0.6) is 0 Å². The molecule has 0 aliphatic carbocycles. The Morgan fingerprint density at radius 3 is 2.84 bits per heavy atom. The highest BCUT2D eigenvalue weighted by Gasteiger charge is 2.39. The first-order valence-electron chi connectivity index (χ1n) is 5.71. The van der Waals surface area contributed by atoms with Gasteiger partial charge in [-0.2, -0.15) is 5.26 Å². The fourth-order valence-electron chi connectivity index (χ4n) is 2.12. The fourth-order valence-corrected chi connectivity index (χ4v) is 2.44. The molecule has 2 rings (SSSR count). The van der Waals surface area contributed by atoms with E-state index in [1.165, 1.54) is 4.90 Å². The number of nitrogens with zero attached hydrogens (tertiary/aromatic N) is 2. The number of halogens is 1. The van der Waals surface area contributed by atoms with Gasteiger partial charge in [0.1, 0.15) is 0 Å². The smallest absolute Gasteiger partial charge is 0.231 e. The van der Waals surface area contributed by atoms with Gasteiger partial charge in [-0.1, -0.05) is 11.6 Å². The van der Waals surface area contributed by atoms with E-state index in [1.54, 1.807) is 32.2 Å². The van der Waals surface area contributed by atoms with Gasteiger partial charge in [-0.3, -0.25) is 15.1 Å². The molecule has 0 radical (unpaired) electrons. The van der Waals surface area contributed by atoms with Crippen molar-refractivity contribution in [2.24, 2.45) is 0 Å². The van der Waals surface area contributed by atoms with Gasteiger partial charge in [0.15, 0.2) is 5.96 Å². The number of amides is 1. The molecule has 1 heterocycles. The number of guanidine groups is 1. The summed E-state index contributed by atoms with van der Waals surface area (Å²) < 4.78 is 0. The summed E-state index contributed by atoms with van der Waals surface area (Å²) in [6.07, 6.45) is 0.181. The Kier molecular flexibility index (Phi) is 3.21. The molecular weight excluding hydrogens is 264 g/mol. The highest BCUT2D eigenvalue weighted by Crippen LogP contribution is 2.34. The lowest BCUT2D eigenvalue weighted by Crippen LogP contribution is -2.58. The molecule has 0 aromatic heterocycles. The summed E-state index contributed by atoms with van der Waals surface area (Å²) in [7, 11) is 1.55. The molecule has 0 saturated carbocycles. The van der Waals surface area contributed by atoms with E-state index in [2.05, 4.69) is 5.32 Å². The van der Waals surface area contributed by atoms with Gasteiger partial charge in [-0.15, -0.1) is 0 Å². The molecule has 0 unspecified atom stereocenters. The van der Waals surface area contributed by atoms with Gasteiger partial charge in [-0.25, -0.2) is 0 Å². The van der Waals surface area contributed by atoms with Crippen LogP contribution in [-0.2, 0) is 10.3 Å². The van der Waals surface area contributed by atoms with Crippen molar-refractivity contribution in [2.75, 3.05) is 7.05 Å². The topological polar surface area (TPSA) is 80.0 Å². The van der Waals surface area contributed by atoms with Crippen molar-refractivity contribution in [3.63, 3.8) is 0 Å².